The van der Waals surface area contributed by atoms with Crippen molar-refractivity contribution in [3.63, 3.8) is 0 Å². The Morgan fingerprint density at radius 1 is 1.32 bits per heavy atom. The number of rotatable bonds is 4. The van der Waals surface area contributed by atoms with E-state index in [-0.39, 0.29) is 11.5 Å². The molecule has 1 aromatic heterocycles. The number of aromatic nitrogens is 2. The number of likely N-dealkylation sites (tertiary alicyclic amines) is 1. The fourth-order valence-electron chi connectivity index (χ4n) is 4.73. The molecule has 0 bridgehead atoms. The quantitative estimate of drug-likeness (QED) is 0.884. The van der Waals surface area contributed by atoms with E-state index in [2.05, 4.69) is 34.3 Å². The van der Waals surface area contributed by atoms with E-state index in [4.69, 9.17) is 19.1 Å². The molecule has 3 atom stereocenters. The number of halogens is 1. The van der Waals surface area contributed by atoms with Gasteiger partial charge in [-0.1, -0.05) is 11.6 Å². The van der Waals surface area contributed by atoms with Crippen LogP contribution in [-0.4, -0.2) is 52.9 Å². The van der Waals surface area contributed by atoms with Gasteiger partial charge in [-0.05, 0) is 69.4 Å². The van der Waals surface area contributed by atoms with Crippen LogP contribution in [0, 0.1) is 17.8 Å². The van der Waals surface area contributed by atoms with Gasteiger partial charge in [0.1, 0.15) is 5.82 Å². The van der Waals surface area contributed by atoms with Gasteiger partial charge in [0.15, 0.2) is 5.15 Å². The van der Waals surface area contributed by atoms with Gasteiger partial charge in [0.2, 0.25) is 0 Å². The van der Waals surface area contributed by atoms with Crippen molar-refractivity contribution in [2.75, 3.05) is 31.5 Å². The van der Waals surface area contributed by atoms with Crippen molar-refractivity contribution in [1.29, 1.82) is 0 Å². The minimum Gasteiger partial charge on any atom is -0.376 e. The molecule has 1 aliphatic carbocycles. The molecular weight excluding hydrogens is 336 g/mol. The highest BCUT2D eigenvalue weighted by molar-refractivity contribution is 6.29. The SMILES string of the molecule is [2H]C([2H])(C1CCOC(C)(C)C1)N1CC2CC(Nc3ccc(Cl)nn3)CC2C1. The maximum Gasteiger partial charge on any atom is 0.151 e. The molecule has 2 aliphatic heterocycles. The van der Waals surface area contributed by atoms with Gasteiger partial charge in [0.25, 0.3) is 0 Å². The number of hydrogen-bond donors (Lipinski definition) is 1. The summed E-state index contributed by atoms with van der Waals surface area (Å²) in [6.45, 7) is 5.25. The van der Waals surface area contributed by atoms with E-state index >= 15 is 0 Å². The van der Waals surface area contributed by atoms with Gasteiger partial charge in [-0.2, -0.15) is 0 Å². The molecule has 6 heteroatoms. The van der Waals surface area contributed by atoms with Crippen molar-refractivity contribution < 1.29 is 7.48 Å². The van der Waals surface area contributed by atoms with E-state index in [0.29, 0.717) is 29.6 Å². The third-order valence-electron chi connectivity index (χ3n) is 5.80. The van der Waals surface area contributed by atoms with Gasteiger partial charge in [-0.3, -0.25) is 0 Å². The number of nitrogens with zero attached hydrogens (tertiary/aromatic N) is 3. The van der Waals surface area contributed by atoms with Crippen molar-refractivity contribution in [2.45, 2.75) is 51.2 Å². The van der Waals surface area contributed by atoms with Crippen LogP contribution in [0.2, 0.25) is 5.15 Å². The lowest BCUT2D eigenvalue weighted by molar-refractivity contribution is -0.0762. The number of ether oxygens (including phenoxy) is 1. The van der Waals surface area contributed by atoms with Crippen LogP contribution in [0.4, 0.5) is 5.82 Å². The minimum absolute atomic E-state index is 0.0401. The second-order valence-electron chi connectivity index (χ2n) is 8.41. The van der Waals surface area contributed by atoms with Crippen LogP contribution in [0.1, 0.15) is 42.3 Å². The fourth-order valence-corrected chi connectivity index (χ4v) is 4.83. The molecule has 1 N–H and O–H groups in total. The molecule has 3 fully saturated rings. The zero-order valence-corrected chi connectivity index (χ0v) is 15.8. The summed E-state index contributed by atoms with van der Waals surface area (Å²) >= 11 is 5.80. The average molecular weight is 367 g/mol. The van der Waals surface area contributed by atoms with Gasteiger partial charge in [0.05, 0.1) is 5.60 Å². The van der Waals surface area contributed by atoms with Gasteiger partial charge in [0, 0.05) is 35.0 Å². The van der Waals surface area contributed by atoms with Gasteiger partial charge in [-0.15, -0.1) is 10.2 Å². The predicted octanol–water partition coefficient (Wildman–Crippen LogP) is 3.46. The molecule has 0 amide bonds. The molecule has 2 saturated heterocycles. The van der Waals surface area contributed by atoms with Crippen LogP contribution in [0.15, 0.2) is 12.1 Å². The first kappa shape index (κ1) is 15.2. The Bertz CT molecular complexity index is 658. The average Bonchev–Trinajstić information content (AvgIpc) is 3.15. The molecule has 1 saturated carbocycles. The fraction of sp³-hybridized carbons (Fsp3) is 0.789. The molecule has 3 aliphatic rings. The van der Waals surface area contributed by atoms with Crippen molar-refractivity contribution in [1.82, 2.24) is 15.1 Å². The number of anilines is 1. The van der Waals surface area contributed by atoms with Crippen molar-refractivity contribution in [3.05, 3.63) is 17.3 Å². The third-order valence-corrected chi connectivity index (χ3v) is 6.00. The molecular formula is C19H29ClN4O. The first-order valence-corrected chi connectivity index (χ1v) is 9.75. The van der Waals surface area contributed by atoms with Crippen molar-refractivity contribution >= 4 is 17.4 Å². The molecule has 3 heterocycles. The summed E-state index contributed by atoms with van der Waals surface area (Å²) in [6, 6.07) is 3.99. The maximum atomic E-state index is 8.81. The lowest BCUT2D eigenvalue weighted by atomic mass is 9.88. The largest absolute Gasteiger partial charge is 0.376 e. The zero-order chi connectivity index (χ0) is 19.2. The first-order valence-electron chi connectivity index (χ1n) is 10.4. The van der Waals surface area contributed by atoms with E-state index in [0.717, 1.165) is 44.6 Å². The van der Waals surface area contributed by atoms with Crippen LogP contribution in [0.3, 0.4) is 0 Å². The smallest absolute Gasteiger partial charge is 0.151 e. The van der Waals surface area contributed by atoms with Crippen LogP contribution in [0.5, 0.6) is 0 Å². The predicted molar refractivity (Wildman–Crippen MR) is 99.9 cm³/mol. The van der Waals surface area contributed by atoms with Gasteiger partial charge < -0.3 is 15.0 Å². The van der Waals surface area contributed by atoms with Crippen LogP contribution >= 0.6 is 11.6 Å². The Labute approximate surface area is 158 Å². The maximum absolute atomic E-state index is 8.81. The van der Waals surface area contributed by atoms with E-state index in [1.54, 1.807) is 6.07 Å². The zero-order valence-electron chi connectivity index (χ0n) is 17.0. The molecule has 1 aromatic rings. The van der Waals surface area contributed by atoms with Crippen LogP contribution in [0.25, 0.3) is 0 Å². The summed E-state index contributed by atoms with van der Waals surface area (Å²) in [5, 5.41) is 11.8. The second kappa shape index (κ2) is 7.01. The minimum atomic E-state index is -1.25. The second-order valence-corrected chi connectivity index (χ2v) is 8.79. The van der Waals surface area contributed by atoms with E-state index in [1.165, 1.54) is 0 Å². The molecule has 0 radical (unpaired) electrons. The Hall–Kier alpha value is -0.910. The summed E-state index contributed by atoms with van der Waals surface area (Å²) < 4.78 is 23.4. The molecule has 0 spiro atoms. The van der Waals surface area contributed by atoms with Gasteiger partial charge >= 0.3 is 0 Å². The van der Waals surface area contributed by atoms with Crippen molar-refractivity contribution in [3.8, 4) is 0 Å². The Morgan fingerprint density at radius 2 is 2.08 bits per heavy atom. The van der Waals surface area contributed by atoms with Crippen LogP contribution in [-0.2, 0) is 4.74 Å². The lowest BCUT2D eigenvalue weighted by Gasteiger charge is -2.37. The highest BCUT2D eigenvalue weighted by Gasteiger charge is 2.42. The van der Waals surface area contributed by atoms with E-state index in [1.807, 2.05) is 6.07 Å². The highest BCUT2D eigenvalue weighted by Crippen LogP contribution is 2.40. The van der Waals surface area contributed by atoms with Crippen LogP contribution < -0.4 is 5.32 Å². The van der Waals surface area contributed by atoms with Crippen molar-refractivity contribution in [2.24, 2.45) is 17.8 Å². The monoisotopic (exact) mass is 366 g/mol. The number of fused-ring (bicyclic) bond motifs is 1. The van der Waals surface area contributed by atoms with E-state index in [9.17, 15) is 0 Å². The lowest BCUT2D eigenvalue weighted by Crippen LogP contribution is -2.39. The first-order chi connectivity index (χ1) is 12.7. The highest BCUT2D eigenvalue weighted by atomic mass is 35.5. The Kier molecular flexibility index (Phi) is 4.26. The number of hydrogen-bond acceptors (Lipinski definition) is 5. The molecule has 3 unspecified atom stereocenters. The summed E-state index contributed by atoms with van der Waals surface area (Å²) in [5.41, 5.74) is -0.222. The molecule has 5 nitrogen and oxygen atoms in total. The summed E-state index contributed by atoms with van der Waals surface area (Å²) in [6.07, 6.45) is 3.70. The normalized spacial score (nSPS) is 36.6. The third kappa shape index (κ3) is 4.26. The molecule has 0 aromatic carbocycles. The molecule has 4 rings (SSSR count). The topological polar surface area (TPSA) is 50.3 Å². The summed E-state index contributed by atoms with van der Waals surface area (Å²) in [4.78, 5) is 2.10. The summed E-state index contributed by atoms with van der Waals surface area (Å²) in [5.74, 6) is 1.90. The molecule has 25 heavy (non-hydrogen) atoms. The molecule has 138 valence electrons. The van der Waals surface area contributed by atoms with E-state index < -0.39 is 6.50 Å². The number of nitrogens with one attached hydrogen (secondary N) is 1. The standard InChI is InChI=1S/C19H29ClN4O/c1-19(2)9-13(5-6-25-19)10-24-11-14-7-16(8-15(14)12-24)21-18-4-3-17(20)22-23-18/h3-4,13-16H,5-12H2,1-2H3,(H,21,23)/i10D2. The Balaban J connectivity index is 1.34. The van der Waals surface area contributed by atoms with Gasteiger partial charge in [-0.25, -0.2) is 0 Å². The summed E-state index contributed by atoms with van der Waals surface area (Å²) in [7, 11) is 0. The Morgan fingerprint density at radius 3 is 2.72 bits per heavy atom.